The monoisotopic (exact) mass is 278 g/mol. The van der Waals surface area contributed by atoms with Crippen LogP contribution in [-0.4, -0.2) is 53.1 Å². The second-order valence-electron chi connectivity index (χ2n) is 4.78. The standard InChI is InChI=1S/C14H22N4O2/c1-3-15-14-16-8-11(9-17-14)13(19)18-7-5-6-12(18)10-20-4-2/h8-9,12H,3-7,10H2,1-2H3,(H,15,16,17)/t12-/m1/s1. The number of hydrogen-bond donors (Lipinski definition) is 1. The lowest BCUT2D eigenvalue weighted by Crippen LogP contribution is -2.38. The van der Waals surface area contributed by atoms with E-state index in [1.165, 1.54) is 0 Å². The molecular formula is C14H22N4O2. The molecule has 0 unspecified atom stereocenters. The van der Waals surface area contributed by atoms with Gasteiger partial charge in [0.05, 0.1) is 18.2 Å². The fourth-order valence-corrected chi connectivity index (χ4v) is 2.38. The highest BCUT2D eigenvalue weighted by Crippen LogP contribution is 2.20. The summed E-state index contributed by atoms with van der Waals surface area (Å²) in [6, 6.07) is 0.177. The minimum absolute atomic E-state index is 0.00440. The van der Waals surface area contributed by atoms with Crippen molar-refractivity contribution in [2.24, 2.45) is 0 Å². The van der Waals surface area contributed by atoms with Crippen LogP contribution in [-0.2, 0) is 4.74 Å². The Hall–Kier alpha value is -1.69. The molecule has 0 radical (unpaired) electrons. The predicted octanol–water partition coefficient (Wildman–Crippen LogP) is 1.55. The van der Waals surface area contributed by atoms with Gasteiger partial charge in [-0.15, -0.1) is 0 Å². The Morgan fingerprint density at radius 1 is 1.45 bits per heavy atom. The third-order valence-corrected chi connectivity index (χ3v) is 3.39. The number of carbonyl (C=O) groups excluding carboxylic acids is 1. The van der Waals surface area contributed by atoms with Crippen LogP contribution >= 0.6 is 0 Å². The zero-order valence-electron chi connectivity index (χ0n) is 12.1. The normalized spacial score (nSPS) is 18.3. The molecule has 20 heavy (non-hydrogen) atoms. The van der Waals surface area contributed by atoms with E-state index in [4.69, 9.17) is 4.74 Å². The van der Waals surface area contributed by atoms with Gasteiger partial charge in [0.15, 0.2) is 0 Å². The molecule has 1 fully saturated rings. The first kappa shape index (κ1) is 14.7. The number of ether oxygens (including phenoxy) is 1. The molecule has 1 atom stereocenters. The largest absolute Gasteiger partial charge is 0.380 e. The number of likely N-dealkylation sites (tertiary alicyclic amines) is 1. The number of rotatable bonds is 6. The minimum atomic E-state index is -0.00440. The molecule has 1 N–H and O–H groups in total. The summed E-state index contributed by atoms with van der Waals surface area (Å²) in [5, 5.41) is 3.01. The van der Waals surface area contributed by atoms with Crippen LogP contribution in [0.2, 0.25) is 0 Å². The highest BCUT2D eigenvalue weighted by molar-refractivity contribution is 5.94. The van der Waals surface area contributed by atoms with Gasteiger partial charge in [-0.25, -0.2) is 9.97 Å². The van der Waals surface area contributed by atoms with Gasteiger partial charge in [-0.2, -0.15) is 0 Å². The third-order valence-electron chi connectivity index (χ3n) is 3.39. The van der Waals surface area contributed by atoms with Gasteiger partial charge in [0.2, 0.25) is 5.95 Å². The summed E-state index contributed by atoms with van der Waals surface area (Å²) in [6.07, 6.45) is 5.20. The van der Waals surface area contributed by atoms with E-state index in [1.807, 2.05) is 18.7 Å². The zero-order chi connectivity index (χ0) is 14.4. The summed E-state index contributed by atoms with van der Waals surface area (Å²) in [5.41, 5.74) is 0.537. The third kappa shape index (κ3) is 3.45. The molecular weight excluding hydrogens is 256 g/mol. The Kier molecular flexibility index (Phi) is 5.29. The second-order valence-corrected chi connectivity index (χ2v) is 4.78. The van der Waals surface area contributed by atoms with Crippen LogP contribution in [0.1, 0.15) is 37.0 Å². The quantitative estimate of drug-likeness (QED) is 0.855. The topological polar surface area (TPSA) is 67.4 Å². The molecule has 0 aliphatic carbocycles. The van der Waals surface area contributed by atoms with Crippen molar-refractivity contribution in [2.45, 2.75) is 32.7 Å². The fraction of sp³-hybridized carbons (Fsp3) is 0.643. The first-order chi connectivity index (χ1) is 9.76. The summed E-state index contributed by atoms with van der Waals surface area (Å²) < 4.78 is 5.45. The molecule has 1 amide bonds. The van der Waals surface area contributed by atoms with Crippen molar-refractivity contribution in [3.63, 3.8) is 0 Å². The lowest BCUT2D eigenvalue weighted by atomic mass is 10.2. The van der Waals surface area contributed by atoms with E-state index < -0.39 is 0 Å². The molecule has 6 nitrogen and oxygen atoms in total. The van der Waals surface area contributed by atoms with Crippen LogP contribution in [0.25, 0.3) is 0 Å². The van der Waals surface area contributed by atoms with Crippen LogP contribution in [0, 0.1) is 0 Å². The number of aromatic nitrogens is 2. The predicted molar refractivity (Wildman–Crippen MR) is 76.7 cm³/mol. The molecule has 1 saturated heterocycles. The van der Waals surface area contributed by atoms with Crippen LogP contribution in [0.3, 0.4) is 0 Å². The zero-order valence-corrected chi connectivity index (χ0v) is 12.1. The summed E-state index contributed by atoms with van der Waals surface area (Å²) in [4.78, 5) is 22.6. The van der Waals surface area contributed by atoms with E-state index in [0.717, 1.165) is 25.9 Å². The Morgan fingerprint density at radius 3 is 2.85 bits per heavy atom. The van der Waals surface area contributed by atoms with E-state index in [9.17, 15) is 4.79 Å². The molecule has 0 bridgehead atoms. The minimum Gasteiger partial charge on any atom is -0.380 e. The van der Waals surface area contributed by atoms with Crippen LogP contribution < -0.4 is 5.32 Å². The lowest BCUT2D eigenvalue weighted by Gasteiger charge is -2.24. The number of nitrogens with zero attached hydrogens (tertiary/aromatic N) is 3. The molecule has 1 aliphatic rings. The summed E-state index contributed by atoms with van der Waals surface area (Å²) >= 11 is 0. The fourth-order valence-electron chi connectivity index (χ4n) is 2.38. The Labute approximate surface area is 119 Å². The van der Waals surface area contributed by atoms with Gasteiger partial charge in [0.25, 0.3) is 5.91 Å². The van der Waals surface area contributed by atoms with Gasteiger partial charge in [-0.3, -0.25) is 4.79 Å². The van der Waals surface area contributed by atoms with Gasteiger partial charge in [0, 0.05) is 32.1 Å². The average Bonchev–Trinajstić information content (AvgIpc) is 2.94. The van der Waals surface area contributed by atoms with E-state index in [1.54, 1.807) is 12.4 Å². The van der Waals surface area contributed by atoms with Crippen molar-refractivity contribution in [3.8, 4) is 0 Å². The Bertz CT molecular complexity index is 435. The van der Waals surface area contributed by atoms with E-state index >= 15 is 0 Å². The maximum Gasteiger partial charge on any atom is 0.257 e. The van der Waals surface area contributed by atoms with Crippen molar-refractivity contribution in [3.05, 3.63) is 18.0 Å². The smallest absolute Gasteiger partial charge is 0.257 e. The molecule has 0 aromatic carbocycles. The summed E-state index contributed by atoms with van der Waals surface area (Å²) in [5.74, 6) is 0.548. The van der Waals surface area contributed by atoms with Crippen LogP contribution in [0.4, 0.5) is 5.95 Å². The van der Waals surface area contributed by atoms with Crippen molar-refractivity contribution < 1.29 is 9.53 Å². The first-order valence-corrected chi connectivity index (χ1v) is 7.20. The molecule has 0 saturated carbocycles. The number of hydrogen-bond acceptors (Lipinski definition) is 5. The van der Waals surface area contributed by atoms with Gasteiger partial charge in [-0.1, -0.05) is 0 Å². The number of amides is 1. The second kappa shape index (κ2) is 7.19. The maximum atomic E-state index is 12.5. The molecule has 2 heterocycles. The molecule has 1 aromatic rings. The van der Waals surface area contributed by atoms with E-state index in [2.05, 4.69) is 15.3 Å². The maximum absolute atomic E-state index is 12.5. The highest BCUT2D eigenvalue weighted by Gasteiger charge is 2.29. The van der Waals surface area contributed by atoms with E-state index in [0.29, 0.717) is 24.7 Å². The molecule has 0 spiro atoms. The summed E-state index contributed by atoms with van der Waals surface area (Å²) in [7, 11) is 0. The van der Waals surface area contributed by atoms with Gasteiger partial charge in [0.1, 0.15) is 0 Å². The van der Waals surface area contributed by atoms with Gasteiger partial charge < -0.3 is 15.0 Å². The van der Waals surface area contributed by atoms with Crippen molar-refractivity contribution in [1.82, 2.24) is 14.9 Å². The first-order valence-electron chi connectivity index (χ1n) is 7.20. The van der Waals surface area contributed by atoms with Crippen molar-refractivity contribution in [1.29, 1.82) is 0 Å². The molecule has 2 rings (SSSR count). The SMILES string of the molecule is CCNc1ncc(C(=O)N2CCC[C@@H]2COCC)cn1. The molecule has 6 heteroatoms. The van der Waals surface area contributed by atoms with Crippen molar-refractivity contribution >= 4 is 11.9 Å². The Morgan fingerprint density at radius 2 is 2.20 bits per heavy atom. The number of carbonyl (C=O) groups is 1. The number of anilines is 1. The van der Waals surface area contributed by atoms with Crippen LogP contribution in [0.5, 0.6) is 0 Å². The van der Waals surface area contributed by atoms with E-state index in [-0.39, 0.29) is 11.9 Å². The average molecular weight is 278 g/mol. The lowest BCUT2D eigenvalue weighted by molar-refractivity contribution is 0.0564. The molecule has 110 valence electrons. The molecule has 1 aromatic heterocycles. The van der Waals surface area contributed by atoms with Gasteiger partial charge in [-0.05, 0) is 26.7 Å². The Balaban J connectivity index is 2.02. The summed E-state index contributed by atoms with van der Waals surface area (Å²) in [6.45, 7) is 6.78. The van der Waals surface area contributed by atoms with Crippen LogP contribution in [0.15, 0.2) is 12.4 Å². The number of nitrogens with one attached hydrogen (secondary N) is 1. The van der Waals surface area contributed by atoms with Crippen molar-refractivity contribution in [2.75, 3.05) is 31.6 Å². The highest BCUT2D eigenvalue weighted by atomic mass is 16.5. The van der Waals surface area contributed by atoms with Gasteiger partial charge >= 0.3 is 0 Å². The molecule has 1 aliphatic heterocycles.